The summed E-state index contributed by atoms with van der Waals surface area (Å²) in [5.74, 6) is 0. The third kappa shape index (κ3) is 57.2. The third-order valence-corrected chi connectivity index (χ3v) is 7.25. The van der Waals surface area contributed by atoms with Gasteiger partial charge in [0.05, 0.1) is 238 Å². The molecule has 2 N–H and O–H groups in total. The van der Waals surface area contributed by atoms with Crippen LogP contribution in [-0.2, 0) is 85.3 Å². The number of aliphatic hydroxyl groups excluding tert-OH is 2. The first-order chi connectivity index (χ1) is 29.9. The van der Waals surface area contributed by atoms with Crippen LogP contribution < -0.4 is 0 Å². The van der Waals surface area contributed by atoms with Crippen molar-refractivity contribution in [2.45, 2.75) is 12.8 Å². The molecule has 20 heteroatoms. The van der Waals surface area contributed by atoms with Gasteiger partial charge in [0.15, 0.2) is 0 Å². The second-order valence-electron chi connectivity index (χ2n) is 12.2. The molecule has 0 saturated carbocycles. The van der Waals surface area contributed by atoms with Gasteiger partial charge in [-0.2, -0.15) is 0 Å². The largest absolute Gasteiger partial charge is 0.394 e. The van der Waals surface area contributed by atoms with Crippen LogP contribution in [-0.4, -0.2) is 261 Å². The van der Waals surface area contributed by atoms with E-state index < -0.39 is 0 Å². The molecule has 0 rings (SSSR count). The van der Waals surface area contributed by atoms with Crippen molar-refractivity contribution >= 4 is 0 Å². The molecular weight excluding hydrogens is 800 g/mol. The topological polar surface area (TPSA) is 207 Å². The van der Waals surface area contributed by atoms with Crippen molar-refractivity contribution in [2.75, 3.05) is 251 Å². The molecule has 0 aromatic heterocycles. The Kier molecular flexibility index (Phi) is 57.4. The normalized spacial score (nSPS) is 11.7. The van der Waals surface area contributed by atoms with E-state index in [1.165, 1.54) is 0 Å². The van der Waals surface area contributed by atoms with E-state index in [0.29, 0.717) is 238 Å². The number of rotatable bonds is 57. The molecule has 0 heterocycles. The summed E-state index contributed by atoms with van der Waals surface area (Å²) in [5, 5.41) is 17.2. The molecule has 0 amide bonds. The Bertz CT molecular complexity index is 677. The number of unbranched alkanes of at least 4 members (excludes halogenated alkanes) is 1. The van der Waals surface area contributed by atoms with Crippen LogP contribution in [0.5, 0.6) is 0 Å². The van der Waals surface area contributed by atoms with Crippen molar-refractivity contribution in [3.05, 3.63) is 0 Å². The lowest BCUT2D eigenvalue weighted by Gasteiger charge is -2.09. The number of ether oxygens (including phenoxy) is 18. The van der Waals surface area contributed by atoms with Crippen LogP contribution in [0.3, 0.4) is 0 Å². The molecule has 0 aromatic carbocycles. The lowest BCUT2D eigenvalue weighted by atomic mass is 10.3. The molecule has 20 nitrogen and oxygen atoms in total. The van der Waals surface area contributed by atoms with Crippen molar-refractivity contribution in [2.24, 2.45) is 0 Å². The van der Waals surface area contributed by atoms with Gasteiger partial charge in [-0.05, 0) is 12.8 Å². The van der Waals surface area contributed by atoms with Crippen LogP contribution in [0.1, 0.15) is 12.8 Å². The molecule has 0 aliphatic heterocycles. The zero-order valence-corrected chi connectivity index (χ0v) is 36.5. The fourth-order valence-electron chi connectivity index (χ4n) is 4.26. The highest BCUT2D eigenvalue weighted by Gasteiger charge is 1.98. The Morgan fingerprint density at radius 3 is 0.350 bits per heavy atom. The highest BCUT2D eigenvalue weighted by molar-refractivity contribution is 4.42. The quantitative estimate of drug-likeness (QED) is 0.0775. The maximum Gasteiger partial charge on any atom is 0.0701 e. The second kappa shape index (κ2) is 58.2. The molecule has 0 unspecified atom stereocenters. The molecule has 0 aliphatic rings. The van der Waals surface area contributed by atoms with Gasteiger partial charge in [-0.1, -0.05) is 0 Å². The van der Waals surface area contributed by atoms with E-state index in [1.807, 2.05) is 0 Å². The van der Waals surface area contributed by atoms with Gasteiger partial charge in [-0.3, -0.25) is 0 Å². The van der Waals surface area contributed by atoms with E-state index in [2.05, 4.69) is 0 Å². The molecule has 0 atom stereocenters. The minimum Gasteiger partial charge on any atom is -0.394 e. The zero-order chi connectivity index (χ0) is 43.0. The molecular formula is C40H82O20. The van der Waals surface area contributed by atoms with Crippen molar-refractivity contribution in [3.63, 3.8) is 0 Å². The van der Waals surface area contributed by atoms with Crippen LogP contribution in [0.25, 0.3) is 0 Å². The van der Waals surface area contributed by atoms with E-state index in [0.717, 1.165) is 12.8 Å². The molecule has 0 aromatic rings. The molecule has 0 bridgehead atoms. The highest BCUT2D eigenvalue weighted by atomic mass is 16.6. The Morgan fingerprint density at radius 1 is 0.133 bits per heavy atom. The van der Waals surface area contributed by atoms with Crippen LogP contribution in [0.4, 0.5) is 0 Å². The van der Waals surface area contributed by atoms with Crippen LogP contribution >= 0.6 is 0 Å². The third-order valence-electron chi connectivity index (χ3n) is 7.25. The van der Waals surface area contributed by atoms with Crippen molar-refractivity contribution in [1.29, 1.82) is 0 Å². The van der Waals surface area contributed by atoms with Crippen LogP contribution in [0.2, 0.25) is 0 Å². The predicted molar refractivity (Wildman–Crippen MR) is 218 cm³/mol. The average molecular weight is 883 g/mol. The maximum atomic E-state index is 8.60. The fraction of sp³-hybridized carbons (Fsp3) is 1.00. The van der Waals surface area contributed by atoms with Gasteiger partial charge in [-0.25, -0.2) is 0 Å². The Morgan fingerprint density at radius 2 is 0.233 bits per heavy atom. The summed E-state index contributed by atoms with van der Waals surface area (Å²) in [6, 6.07) is 0. The number of hydrogen-bond acceptors (Lipinski definition) is 20. The van der Waals surface area contributed by atoms with Crippen molar-refractivity contribution < 1.29 is 95.5 Å². The Hall–Kier alpha value is -0.800. The van der Waals surface area contributed by atoms with Crippen LogP contribution in [0.15, 0.2) is 0 Å². The standard InChI is InChI=1S/C40H82O20/c41-3-7-45-11-15-49-19-23-53-27-31-57-35-39-59-37-33-55-29-25-51-21-17-47-13-9-43-5-1-2-6-44-10-14-48-18-22-52-26-30-56-34-38-60-40-36-58-32-28-54-24-20-50-16-12-46-8-4-42/h41-42H,1-40H2. The van der Waals surface area contributed by atoms with Gasteiger partial charge in [0, 0.05) is 13.2 Å². The van der Waals surface area contributed by atoms with Gasteiger partial charge < -0.3 is 95.5 Å². The van der Waals surface area contributed by atoms with Crippen molar-refractivity contribution in [3.8, 4) is 0 Å². The molecule has 362 valence electrons. The summed E-state index contributed by atoms with van der Waals surface area (Å²) in [5.41, 5.74) is 0. The summed E-state index contributed by atoms with van der Waals surface area (Å²) in [4.78, 5) is 0. The summed E-state index contributed by atoms with van der Waals surface area (Å²) in [6.45, 7) is 18.2. The smallest absolute Gasteiger partial charge is 0.0701 e. The van der Waals surface area contributed by atoms with Gasteiger partial charge >= 0.3 is 0 Å². The molecule has 0 saturated heterocycles. The minimum atomic E-state index is 0.0213. The van der Waals surface area contributed by atoms with Gasteiger partial charge in [0.25, 0.3) is 0 Å². The second-order valence-corrected chi connectivity index (χ2v) is 12.2. The average Bonchev–Trinajstić information content (AvgIpc) is 3.26. The van der Waals surface area contributed by atoms with E-state index in [9.17, 15) is 0 Å². The van der Waals surface area contributed by atoms with Gasteiger partial charge in [0.1, 0.15) is 0 Å². The summed E-state index contributed by atoms with van der Waals surface area (Å²) in [6.07, 6.45) is 1.85. The maximum absolute atomic E-state index is 8.60. The summed E-state index contributed by atoms with van der Waals surface area (Å²) >= 11 is 0. The molecule has 0 radical (unpaired) electrons. The van der Waals surface area contributed by atoms with Gasteiger partial charge in [0.2, 0.25) is 0 Å². The predicted octanol–water partition coefficient (Wildman–Crippen LogP) is 0.0500. The monoisotopic (exact) mass is 883 g/mol. The fourth-order valence-corrected chi connectivity index (χ4v) is 4.26. The number of aliphatic hydroxyl groups is 2. The number of hydrogen-bond donors (Lipinski definition) is 2. The molecule has 60 heavy (non-hydrogen) atoms. The van der Waals surface area contributed by atoms with E-state index >= 15 is 0 Å². The lowest BCUT2D eigenvalue weighted by Crippen LogP contribution is -2.15. The minimum absolute atomic E-state index is 0.0213. The van der Waals surface area contributed by atoms with E-state index in [4.69, 9.17) is 95.5 Å². The molecule has 0 fully saturated rings. The molecule has 0 aliphatic carbocycles. The first kappa shape index (κ1) is 59.2. The lowest BCUT2D eigenvalue weighted by molar-refractivity contribution is -0.0261. The van der Waals surface area contributed by atoms with E-state index in [1.54, 1.807) is 0 Å². The highest BCUT2D eigenvalue weighted by Crippen LogP contribution is 1.93. The first-order valence-electron chi connectivity index (χ1n) is 21.5. The van der Waals surface area contributed by atoms with Gasteiger partial charge in [-0.15, -0.1) is 0 Å². The SMILES string of the molecule is OCCOCCOCCOCCOCCOCCOCCOCCOCCOCCCCOCCOCCOCCOCCOCCOCCOCCOCCOCCO. The Balaban J connectivity index is 3.06. The summed E-state index contributed by atoms with van der Waals surface area (Å²) in [7, 11) is 0. The zero-order valence-electron chi connectivity index (χ0n) is 36.5. The van der Waals surface area contributed by atoms with Crippen molar-refractivity contribution in [1.82, 2.24) is 0 Å². The molecule has 0 spiro atoms. The Labute approximate surface area is 359 Å². The van der Waals surface area contributed by atoms with E-state index in [-0.39, 0.29) is 13.2 Å². The first-order valence-corrected chi connectivity index (χ1v) is 21.5. The summed E-state index contributed by atoms with van der Waals surface area (Å²) < 4.78 is 97.8. The van der Waals surface area contributed by atoms with Crippen LogP contribution in [0, 0.1) is 0 Å².